The van der Waals surface area contributed by atoms with E-state index in [2.05, 4.69) is 0 Å². The zero-order valence-corrected chi connectivity index (χ0v) is 13.4. The minimum absolute atomic E-state index is 0.119. The Balaban J connectivity index is 2.42. The van der Waals surface area contributed by atoms with Gasteiger partial charge in [0.1, 0.15) is 11.5 Å². The first-order valence-electron chi connectivity index (χ1n) is 6.99. The molecule has 0 bridgehead atoms. The lowest BCUT2D eigenvalue weighted by molar-refractivity contribution is -0.386. The molecular formula is C16H16N2O6. The number of pyridine rings is 1. The van der Waals surface area contributed by atoms with Gasteiger partial charge in [-0.1, -0.05) is 0 Å². The molecule has 0 aliphatic rings. The highest BCUT2D eigenvalue weighted by Gasteiger charge is 2.19. The Bertz CT molecular complexity index is 856. The fraction of sp³-hybridized carbons (Fsp3) is 0.250. The second-order valence-electron chi connectivity index (χ2n) is 4.97. The third-order valence-electron chi connectivity index (χ3n) is 3.63. The van der Waals surface area contributed by atoms with Crippen LogP contribution in [0.1, 0.15) is 16.1 Å². The van der Waals surface area contributed by atoms with Gasteiger partial charge in [0.25, 0.3) is 11.2 Å². The minimum Gasteiger partial charge on any atom is -0.497 e. The van der Waals surface area contributed by atoms with Gasteiger partial charge in [-0.3, -0.25) is 24.3 Å². The van der Waals surface area contributed by atoms with E-state index in [1.807, 2.05) is 0 Å². The number of rotatable bonds is 6. The van der Waals surface area contributed by atoms with Gasteiger partial charge in [0.2, 0.25) is 0 Å². The third-order valence-corrected chi connectivity index (χ3v) is 3.63. The summed E-state index contributed by atoms with van der Waals surface area (Å²) in [7, 11) is 2.90. The summed E-state index contributed by atoms with van der Waals surface area (Å²) < 4.78 is 11.3. The molecule has 126 valence electrons. The molecule has 0 fully saturated rings. The predicted octanol–water partition coefficient (Wildman–Crippen LogP) is 1.97. The zero-order chi connectivity index (χ0) is 17.9. The quantitative estimate of drug-likeness (QED) is 0.455. The number of methoxy groups -OCH3 is 2. The molecule has 0 aliphatic carbocycles. The van der Waals surface area contributed by atoms with E-state index in [9.17, 15) is 19.7 Å². The van der Waals surface area contributed by atoms with Gasteiger partial charge >= 0.3 is 0 Å². The van der Waals surface area contributed by atoms with Crippen LogP contribution in [0.15, 0.2) is 35.1 Å². The van der Waals surface area contributed by atoms with Crippen molar-refractivity contribution < 1.29 is 19.2 Å². The van der Waals surface area contributed by atoms with E-state index in [0.717, 1.165) is 16.7 Å². The van der Waals surface area contributed by atoms with Gasteiger partial charge < -0.3 is 9.47 Å². The number of ether oxygens (including phenoxy) is 2. The van der Waals surface area contributed by atoms with Crippen molar-refractivity contribution in [1.29, 1.82) is 0 Å². The fourth-order valence-corrected chi connectivity index (χ4v) is 2.31. The normalized spacial score (nSPS) is 10.3. The Morgan fingerprint density at radius 1 is 1.21 bits per heavy atom. The van der Waals surface area contributed by atoms with Crippen LogP contribution >= 0.6 is 0 Å². The highest BCUT2D eigenvalue weighted by Crippen LogP contribution is 2.25. The maximum absolute atomic E-state index is 12.5. The van der Waals surface area contributed by atoms with Gasteiger partial charge in [-0.15, -0.1) is 0 Å². The first-order chi connectivity index (χ1) is 11.4. The van der Waals surface area contributed by atoms with E-state index in [1.165, 1.54) is 27.2 Å². The molecule has 0 spiro atoms. The third kappa shape index (κ3) is 3.27. The molecule has 0 N–H and O–H groups in total. The number of benzene rings is 1. The SMILES string of the molecule is COc1ccc(C(=O)Cn2c(C)c([N+](=O)[O-])ccc2=O)c(OC)c1. The highest BCUT2D eigenvalue weighted by molar-refractivity contribution is 5.98. The van der Waals surface area contributed by atoms with Gasteiger partial charge in [0.05, 0.1) is 36.9 Å². The summed E-state index contributed by atoms with van der Waals surface area (Å²) >= 11 is 0. The number of nitro groups is 1. The first kappa shape index (κ1) is 17.2. The van der Waals surface area contributed by atoms with E-state index in [0.29, 0.717) is 11.5 Å². The maximum Gasteiger partial charge on any atom is 0.288 e. The zero-order valence-electron chi connectivity index (χ0n) is 13.4. The number of carbonyl (C=O) groups excluding carboxylic acids is 1. The Kier molecular flexibility index (Phi) is 4.98. The molecule has 0 atom stereocenters. The van der Waals surface area contributed by atoms with Gasteiger partial charge in [-0.2, -0.15) is 0 Å². The van der Waals surface area contributed by atoms with Crippen LogP contribution in [-0.2, 0) is 6.54 Å². The van der Waals surface area contributed by atoms with Gasteiger partial charge in [0, 0.05) is 18.2 Å². The lowest BCUT2D eigenvalue weighted by Gasteiger charge is -2.12. The molecule has 0 unspecified atom stereocenters. The minimum atomic E-state index is -0.594. The Morgan fingerprint density at radius 3 is 2.50 bits per heavy atom. The summed E-state index contributed by atoms with van der Waals surface area (Å²) in [6.45, 7) is 1.10. The Morgan fingerprint density at radius 2 is 1.92 bits per heavy atom. The molecule has 0 radical (unpaired) electrons. The van der Waals surface area contributed by atoms with Crippen molar-refractivity contribution in [2.45, 2.75) is 13.5 Å². The second kappa shape index (κ2) is 6.95. The lowest BCUT2D eigenvalue weighted by Crippen LogP contribution is -2.26. The average Bonchev–Trinajstić information content (AvgIpc) is 2.57. The summed E-state index contributed by atoms with van der Waals surface area (Å²) in [6.07, 6.45) is 0. The number of hydrogen-bond donors (Lipinski definition) is 0. The molecule has 24 heavy (non-hydrogen) atoms. The molecule has 2 rings (SSSR count). The lowest BCUT2D eigenvalue weighted by atomic mass is 10.1. The van der Waals surface area contributed by atoms with Gasteiger partial charge in [-0.25, -0.2) is 0 Å². The maximum atomic E-state index is 12.5. The summed E-state index contributed by atoms with van der Waals surface area (Å²) in [5.41, 5.74) is -0.326. The van der Waals surface area contributed by atoms with Crippen molar-refractivity contribution in [1.82, 2.24) is 4.57 Å². The Hall–Kier alpha value is -3.16. The number of Topliss-reactive ketones (excluding diaryl/α,β-unsaturated/α-hetero) is 1. The smallest absolute Gasteiger partial charge is 0.288 e. The molecule has 2 aromatic rings. The first-order valence-corrected chi connectivity index (χ1v) is 6.99. The molecule has 0 saturated carbocycles. The van der Waals surface area contributed by atoms with E-state index in [4.69, 9.17) is 9.47 Å². The van der Waals surface area contributed by atoms with Crippen LogP contribution in [0.25, 0.3) is 0 Å². The predicted molar refractivity (Wildman–Crippen MR) is 86.0 cm³/mol. The fourth-order valence-electron chi connectivity index (χ4n) is 2.31. The van der Waals surface area contributed by atoms with Crippen molar-refractivity contribution in [2.75, 3.05) is 14.2 Å². The highest BCUT2D eigenvalue weighted by atomic mass is 16.6. The van der Waals surface area contributed by atoms with Crippen molar-refractivity contribution in [3.8, 4) is 11.5 Å². The van der Waals surface area contributed by atoms with Crippen molar-refractivity contribution in [3.05, 3.63) is 62.1 Å². The number of carbonyl (C=O) groups is 1. The molecule has 1 aromatic carbocycles. The number of nitrogens with zero attached hydrogens (tertiary/aromatic N) is 2. The number of aromatic nitrogens is 1. The monoisotopic (exact) mass is 332 g/mol. The van der Waals surface area contributed by atoms with Gasteiger partial charge in [0.15, 0.2) is 5.78 Å². The Labute approximate surface area is 137 Å². The van der Waals surface area contributed by atoms with Crippen LogP contribution in [0.3, 0.4) is 0 Å². The van der Waals surface area contributed by atoms with Crippen LogP contribution in [0.4, 0.5) is 5.69 Å². The summed E-state index contributed by atoms with van der Waals surface area (Å²) in [5, 5.41) is 11.0. The standard InChI is InChI=1S/C16H16N2O6/c1-10-13(18(21)22)6-7-16(20)17(10)9-14(19)12-5-4-11(23-2)8-15(12)24-3/h4-8H,9H2,1-3H3. The van der Waals surface area contributed by atoms with E-state index >= 15 is 0 Å². The topological polar surface area (TPSA) is 101 Å². The van der Waals surface area contributed by atoms with Gasteiger partial charge in [-0.05, 0) is 19.1 Å². The molecular weight excluding hydrogens is 316 g/mol. The molecule has 8 heteroatoms. The van der Waals surface area contributed by atoms with E-state index in [1.54, 1.807) is 12.1 Å². The second-order valence-corrected chi connectivity index (χ2v) is 4.97. The molecule has 0 amide bonds. The molecule has 8 nitrogen and oxygen atoms in total. The van der Waals surface area contributed by atoms with E-state index in [-0.39, 0.29) is 23.5 Å². The largest absolute Gasteiger partial charge is 0.497 e. The van der Waals surface area contributed by atoms with Crippen molar-refractivity contribution in [2.24, 2.45) is 0 Å². The van der Waals surface area contributed by atoms with Crippen LogP contribution in [0.5, 0.6) is 11.5 Å². The summed E-state index contributed by atoms with van der Waals surface area (Å²) in [6, 6.07) is 6.88. The molecule has 1 heterocycles. The van der Waals surface area contributed by atoms with Crippen LogP contribution in [-0.4, -0.2) is 29.5 Å². The van der Waals surface area contributed by atoms with Crippen LogP contribution < -0.4 is 15.0 Å². The molecule has 1 aromatic heterocycles. The number of hydrogen-bond acceptors (Lipinski definition) is 6. The van der Waals surface area contributed by atoms with Crippen molar-refractivity contribution >= 4 is 11.5 Å². The molecule has 0 saturated heterocycles. The molecule has 0 aliphatic heterocycles. The van der Waals surface area contributed by atoms with Crippen molar-refractivity contribution in [3.63, 3.8) is 0 Å². The van der Waals surface area contributed by atoms with E-state index < -0.39 is 16.3 Å². The summed E-state index contributed by atoms with van der Waals surface area (Å²) in [4.78, 5) is 34.9. The summed E-state index contributed by atoms with van der Waals surface area (Å²) in [5.74, 6) is 0.419. The number of ketones is 1. The van der Waals surface area contributed by atoms with Crippen LogP contribution in [0, 0.1) is 17.0 Å². The average molecular weight is 332 g/mol. The van der Waals surface area contributed by atoms with Crippen LogP contribution in [0.2, 0.25) is 0 Å².